The first-order valence-corrected chi connectivity index (χ1v) is 7.26. The lowest BCUT2D eigenvalue weighted by Crippen LogP contribution is -2.37. The second kappa shape index (κ2) is 8.70. The van der Waals surface area contributed by atoms with Crippen molar-refractivity contribution in [3.8, 4) is 0 Å². The van der Waals surface area contributed by atoms with Crippen LogP contribution in [0.4, 0.5) is 0 Å². The summed E-state index contributed by atoms with van der Waals surface area (Å²) in [7, 11) is -1.11. The summed E-state index contributed by atoms with van der Waals surface area (Å²) >= 11 is 0. The molecule has 96 valence electrons. The van der Waals surface area contributed by atoms with Crippen molar-refractivity contribution in [3.05, 3.63) is 0 Å². The number of hydrogen-bond donors (Lipinski definition) is 2. The van der Waals surface area contributed by atoms with Gasteiger partial charge in [-0.2, -0.15) is 0 Å². The van der Waals surface area contributed by atoms with E-state index in [1.807, 2.05) is 13.8 Å². The summed E-state index contributed by atoms with van der Waals surface area (Å²) in [5, 5.41) is 2.84. The molecule has 0 saturated heterocycles. The van der Waals surface area contributed by atoms with Crippen LogP contribution in [0.15, 0.2) is 0 Å². The lowest BCUT2D eigenvalue weighted by Gasteiger charge is -2.14. The maximum Gasteiger partial charge on any atom is 0.232 e. The van der Waals surface area contributed by atoms with Gasteiger partial charge in [0.25, 0.3) is 0 Å². The van der Waals surface area contributed by atoms with Gasteiger partial charge in [-0.25, -0.2) is 0 Å². The van der Waals surface area contributed by atoms with Crippen molar-refractivity contribution in [1.29, 1.82) is 0 Å². The molecule has 0 spiro atoms. The second-order valence-electron chi connectivity index (χ2n) is 4.17. The van der Waals surface area contributed by atoms with Gasteiger partial charge in [0.05, 0.1) is 0 Å². The Kier molecular flexibility index (Phi) is 8.47. The van der Waals surface area contributed by atoms with E-state index in [4.69, 9.17) is 5.73 Å². The summed E-state index contributed by atoms with van der Waals surface area (Å²) in [6.07, 6.45) is 2.69. The molecule has 0 aliphatic heterocycles. The molecule has 0 radical (unpaired) electrons. The predicted molar refractivity (Wildman–Crippen MR) is 68.7 cm³/mol. The zero-order valence-electron chi connectivity index (χ0n) is 10.5. The quantitative estimate of drug-likeness (QED) is 0.666. The maximum atomic E-state index is 11.7. The molecule has 0 aliphatic carbocycles. The van der Waals surface area contributed by atoms with Gasteiger partial charge in [0.1, 0.15) is 5.75 Å². The van der Waals surface area contributed by atoms with Crippen molar-refractivity contribution in [1.82, 2.24) is 5.32 Å². The molecule has 16 heavy (non-hydrogen) atoms. The van der Waals surface area contributed by atoms with Gasteiger partial charge in [0.2, 0.25) is 5.91 Å². The van der Waals surface area contributed by atoms with Gasteiger partial charge < -0.3 is 11.1 Å². The van der Waals surface area contributed by atoms with Crippen LogP contribution >= 0.6 is 0 Å². The zero-order valence-corrected chi connectivity index (χ0v) is 11.3. The van der Waals surface area contributed by atoms with Crippen molar-refractivity contribution < 1.29 is 9.00 Å². The van der Waals surface area contributed by atoms with E-state index in [-0.39, 0.29) is 23.0 Å². The van der Waals surface area contributed by atoms with Crippen LogP contribution in [-0.4, -0.2) is 33.7 Å². The topological polar surface area (TPSA) is 72.2 Å². The third kappa shape index (κ3) is 6.95. The Morgan fingerprint density at radius 2 is 2.00 bits per heavy atom. The fourth-order valence-electron chi connectivity index (χ4n) is 1.46. The van der Waals surface area contributed by atoms with Crippen molar-refractivity contribution in [2.45, 2.75) is 51.3 Å². The Balaban J connectivity index is 3.90. The lowest BCUT2D eigenvalue weighted by molar-refractivity contribution is -0.119. The van der Waals surface area contributed by atoms with Crippen LogP contribution in [0.2, 0.25) is 0 Å². The van der Waals surface area contributed by atoms with Crippen LogP contribution in [0.25, 0.3) is 0 Å². The number of amides is 1. The summed E-state index contributed by atoms with van der Waals surface area (Å²) < 4.78 is 11.7. The summed E-state index contributed by atoms with van der Waals surface area (Å²) in [5.41, 5.74) is 5.38. The Morgan fingerprint density at radius 3 is 2.50 bits per heavy atom. The molecule has 5 heteroatoms. The number of rotatable bonds is 8. The molecule has 0 fully saturated rings. The number of nitrogens with two attached hydrogens (primary N) is 1. The molecular weight excluding hydrogens is 224 g/mol. The maximum absolute atomic E-state index is 11.7. The van der Waals surface area contributed by atoms with E-state index in [1.165, 1.54) is 0 Å². The molecule has 0 aliphatic rings. The van der Waals surface area contributed by atoms with E-state index in [0.29, 0.717) is 13.0 Å². The van der Waals surface area contributed by atoms with E-state index in [0.717, 1.165) is 12.8 Å². The largest absolute Gasteiger partial charge is 0.353 e. The third-order valence-corrected chi connectivity index (χ3v) is 4.10. The number of hydrogen-bond acceptors (Lipinski definition) is 3. The van der Waals surface area contributed by atoms with Gasteiger partial charge in [0, 0.05) is 22.1 Å². The van der Waals surface area contributed by atoms with Crippen LogP contribution in [0.1, 0.15) is 40.0 Å². The summed E-state index contributed by atoms with van der Waals surface area (Å²) in [4.78, 5) is 11.5. The standard InChI is InChI=1S/C11H24N2O2S/c1-4-5-9(2)13-11(14)8-16(15)10(3)6-7-12/h9-10H,4-8,12H2,1-3H3,(H,13,14). The summed E-state index contributed by atoms with van der Waals surface area (Å²) in [6.45, 7) is 6.42. The molecule has 1 amide bonds. The van der Waals surface area contributed by atoms with Gasteiger partial charge in [-0.3, -0.25) is 9.00 Å². The highest BCUT2D eigenvalue weighted by atomic mass is 32.2. The number of carbonyl (C=O) groups excluding carboxylic acids is 1. The van der Waals surface area contributed by atoms with E-state index >= 15 is 0 Å². The second-order valence-corrected chi connectivity index (χ2v) is 6.03. The molecule has 0 aromatic rings. The summed E-state index contributed by atoms with van der Waals surface area (Å²) in [5.74, 6) is -0.0296. The molecule has 0 rings (SSSR count). The van der Waals surface area contributed by atoms with Crippen LogP contribution < -0.4 is 11.1 Å². The van der Waals surface area contributed by atoms with E-state index < -0.39 is 10.8 Å². The van der Waals surface area contributed by atoms with Gasteiger partial charge in [-0.05, 0) is 26.3 Å². The Morgan fingerprint density at radius 1 is 1.38 bits per heavy atom. The van der Waals surface area contributed by atoms with Crippen LogP contribution in [0, 0.1) is 0 Å². The van der Waals surface area contributed by atoms with Crippen molar-refractivity contribution >= 4 is 16.7 Å². The first-order valence-electron chi connectivity index (χ1n) is 5.87. The highest BCUT2D eigenvalue weighted by Gasteiger charge is 2.15. The molecule has 0 heterocycles. The van der Waals surface area contributed by atoms with Crippen LogP contribution in [0.3, 0.4) is 0 Å². The van der Waals surface area contributed by atoms with Crippen molar-refractivity contribution in [3.63, 3.8) is 0 Å². The van der Waals surface area contributed by atoms with Crippen LogP contribution in [-0.2, 0) is 15.6 Å². The van der Waals surface area contributed by atoms with Gasteiger partial charge >= 0.3 is 0 Å². The zero-order chi connectivity index (χ0) is 12.6. The highest BCUT2D eigenvalue weighted by Crippen LogP contribution is 2.01. The molecule has 0 saturated carbocycles. The summed E-state index contributed by atoms with van der Waals surface area (Å²) in [6, 6.07) is 0.166. The normalized spacial score (nSPS) is 16.5. The molecule has 4 nitrogen and oxygen atoms in total. The molecule has 3 N–H and O–H groups in total. The monoisotopic (exact) mass is 248 g/mol. The van der Waals surface area contributed by atoms with Crippen LogP contribution in [0.5, 0.6) is 0 Å². The van der Waals surface area contributed by atoms with E-state index in [1.54, 1.807) is 0 Å². The third-order valence-electron chi connectivity index (χ3n) is 2.42. The number of nitrogens with one attached hydrogen (secondary N) is 1. The fourth-order valence-corrected chi connectivity index (χ4v) is 2.48. The van der Waals surface area contributed by atoms with Gasteiger partial charge in [-0.15, -0.1) is 0 Å². The highest BCUT2D eigenvalue weighted by molar-refractivity contribution is 7.86. The average molecular weight is 248 g/mol. The molecule has 0 aromatic carbocycles. The fraction of sp³-hybridized carbons (Fsp3) is 0.909. The Hall–Kier alpha value is -0.420. The first-order chi connectivity index (χ1) is 7.51. The van der Waals surface area contributed by atoms with Gasteiger partial charge in [-0.1, -0.05) is 20.3 Å². The smallest absolute Gasteiger partial charge is 0.232 e. The lowest BCUT2D eigenvalue weighted by atomic mass is 10.2. The van der Waals surface area contributed by atoms with Gasteiger partial charge in [0.15, 0.2) is 0 Å². The minimum absolute atomic E-state index is 0.00256. The Bertz CT molecular complexity index is 234. The molecule has 0 aromatic heterocycles. The molecule has 3 unspecified atom stereocenters. The Labute approximate surface area is 101 Å². The first kappa shape index (κ1) is 15.6. The van der Waals surface area contributed by atoms with Crippen molar-refractivity contribution in [2.24, 2.45) is 5.73 Å². The van der Waals surface area contributed by atoms with E-state index in [9.17, 15) is 9.00 Å². The number of carbonyl (C=O) groups is 1. The molecular formula is C11H24N2O2S. The average Bonchev–Trinajstić information content (AvgIpc) is 2.17. The van der Waals surface area contributed by atoms with E-state index in [2.05, 4.69) is 12.2 Å². The molecule has 0 bridgehead atoms. The van der Waals surface area contributed by atoms with Crippen molar-refractivity contribution in [2.75, 3.05) is 12.3 Å². The minimum atomic E-state index is -1.11. The minimum Gasteiger partial charge on any atom is -0.353 e. The molecule has 3 atom stereocenters. The predicted octanol–water partition coefficient (Wildman–Crippen LogP) is 0.777. The SMILES string of the molecule is CCCC(C)NC(=O)CS(=O)C(C)CCN.